The molecule has 2 heterocycles. The maximum atomic E-state index is 4.41. The Hall–Kier alpha value is -1.13. The van der Waals surface area contributed by atoms with E-state index in [-0.39, 0.29) is 0 Å². The third-order valence-electron chi connectivity index (χ3n) is 3.11. The van der Waals surface area contributed by atoms with Gasteiger partial charge in [0.2, 0.25) is 0 Å². The van der Waals surface area contributed by atoms with Crippen LogP contribution in [0.5, 0.6) is 0 Å². The fraction of sp³-hybridized carbons (Fsp3) is 0.500. The Bertz CT molecular complexity index is 473. The number of hydrogen-bond acceptors (Lipinski definition) is 3. The normalized spacial score (nSPS) is 12.8. The van der Waals surface area contributed by atoms with Gasteiger partial charge in [0.1, 0.15) is 0 Å². The van der Waals surface area contributed by atoms with Crippen LogP contribution in [0.2, 0.25) is 0 Å². The molecule has 0 aliphatic carbocycles. The van der Waals surface area contributed by atoms with Crippen molar-refractivity contribution >= 4 is 11.3 Å². The first kappa shape index (κ1) is 13.3. The zero-order chi connectivity index (χ0) is 13.0. The Morgan fingerprint density at radius 3 is 2.83 bits per heavy atom. The summed E-state index contributed by atoms with van der Waals surface area (Å²) in [7, 11) is 2.02. The predicted molar refractivity (Wildman–Crippen MR) is 77.1 cm³/mol. The van der Waals surface area contributed by atoms with E-state index < -0.39 is 0 Å². The zero-order valence-corrected chi connectivity index (χ0v) is 12.1. The van der Waals surface area contributed by atoms with E-state index in [1.165, 1.54) is 11.3 Å². The van der Waals surface area contributed by atoms with Crippen molar-refractivity contribution in [3.8, 4) is 0 Å². The van der Waals surface area contributed by atoms with Crippen molar-refractivity contribution < 1.29 is 0 Å². The van der Waals surface area contributed by atoms with Gasteiger partial charge in [-0.05, 0) is 48.3 Å². The summed E-state index contributed by atoms with van der Waals surface area (Å²) in [5.41, 5.74) is 3.82. The smallest absolute Gasteiger partial charge is 0.0596 e. The van der Waals surface area contributed by atoms with E-state index >= 15 is 0 Å². The fourth-order valence-electron chi connectivity index (χ4n) is 2.31. The number of rotatable bonds is 6. The summed E-state index contributed by atoms with van der Waals surface area (Å²) in [5, 5.41) is 12.4. The van der Waals surface area contributed by atoms with Gasteiger partial charge in [0.25, 0.3) is 0 Å². The van der Waals surface area contributed by atoms with Gasteiger partial charge in [-0.25, -0.2) is 0 Å². The van der Waals surface area contributed by atoms with Crippen molar-refractivity contribution in [3.05, 3.63) is 39.8 Å². The number of likely N-dealkylation sites (N-methyl/N-ethyl adjacent to an activating group) is 1. The molecular weight excluding hydrogens is 242 g/mol. The lowest BCUT2D eigenvalue weighted by molar-refractivity contribution is 0.505. The third-order valence-corrected chi connectivity index (χ3v) is 3.84. The van der Waals surface area contributed by atoms with Crippen molar-refractivity contribution in [3.63, 3.8) is 0 Å². The van der Waals surface area contributed by atoms with E-state index in [1.54, 1.807) is 11.3 Å². The minimum absolute atomic E-state index is 0.486. The van der Waals surface area contributed by atoms with Gasteiger partial charge >= 0.3 is 0 Å². The molecule has 4 heteroatoms. The molecule has 0 aromatic carbocycles. The lowest BCUT2D eigenvalue weighted by atomic mass is 10.0. The topological polar surface area (TPSA) is 29.9 Å². The quantitative estimate of drug-likeness (QED) is 0.868. The number of nitrogens with zero attached hydrogens (tertiary/aromatic N) is 2. The Labute approximate surface area is 113 Å². The average Bonchev–Trinajstić information content (AvgIpc) is 2.90. The number of nitrogens with one attached hydrogen (secondary N) is 1. The first-order valence-corrected chi connectivity index (χ1v) is 7.37. The molecule has 0 amide bonds. The Balaban J connectivity index is 2.04. The van der Waals surface area contributed by atoms with E-state index in [0.717, 1.165) is 25.1 Å². The SMILES string of the molecule is CCNC(Cc1ccsc1)Cc1cc(C)nn1C. The predicted octanol–water partition coefficient (Wildman–Crippen LogP) is 2.55. The lowest BCUT2D eigenvalue weighted by Crippen LogP contribution is -2.33. The van der Waals surface area contributed by atoms with Gasteiger partial charge in [-0.3, -0.25) is 4.68 Å². The molecule has 1 unspecified atom stereocenters. The molecule has 0 aliphatic heterocycles. The summed E-state index contributed by atoms with van der Waals surface area (Å²) in [4.78, 5) is 0. The highest BCUT2D eigenvalue weighted by Gasteiger charge is 2.12. The molecule has 1 atom stereocenters. The van der Waals surface area contributed by atoms with Crippen LogP contribution < -0.4 is 5.32 Å². The van der Waals surface area contributed by atoms with Crippen molar-refractivity contribution in [2.75, 3.05) is 6.54 Å². The van der Waals surface area contributed by atoms with Gasteiger partial charge in [0, 0.05) is 25.2 Å². The zero-order valence-electron chi connectivity index (χ0n) is 11.3. The van der Waals surface area contributed by atoms with Crippen LogP contribution in [-0.2, 0) is 19.9 Å². The number of aryl methyl sites for hydroxylation is 2. The maximum absolute atomic E-state index is 4.41. The molecule has 0 saturated heterocycles. The monoisotopic (exact) mass is 263 g/mol. The van der Waals surface area contributed by atoms with Crippen molar-refractivity contribution in [1.29, 1.82) is 0 Å². The second-order valence-electron chi connectivity index (χ2n) is 4.70. The summed E-state index contributed by atoms with van der Waals surface area (Å²) in [5.74, 6) is 0. The van der Waals surface area contributed by atoms with Gasteiger partial charge < -0.3 is 5.32 Å². The lowest BCUT2D eigenvalue weighted by Gasteiger charge is -2.17. The molecule has 3 nitrogen and oxygen atoms in total. The number of aromatic nitrogens is 2. The summed E-state index contributed by atoms with van der Waals surface area (Å²) in [6.45, 7) is 5.21. The van der Waals surface area contributed by atoms with Crippen LogP contribution in [0, 0.1) is 6.92 Å². The molecule has 2 rings (SSSR count). The van der Waals surface area contributed by atoms with Gasteiger partial charge in [0.15, 0.2) is 0 Å². The van der Waals surface area contributed by atoms with E-state index in [1.807, 2.05) is 18.7 Å². The van der Waals surface area contributed by atoms with Crippen molar-refractivity contribution in [2.45, 2.75) is 32.7 Å². The molecule has 0 aliphatic rings. The van der Waals surface area contributed by atoms with Crippen LogP contribution in [0.15, 0.2) is 22.9 Å². The molecule has 1 N–H and O–H groups in total. The third kappa shape index (κ3) is 3.43. The first-order chi connectivity index (χ1) is 8.69. The highest BCUT2D eigenvalue weighted by atomic mass is 32.1. The molecule has 98 valence electrons. The summed E-state index contributed by atoms with van der Waals surface area (Å²) < 4.78 is 1.99. The van der Waals surface area contributed by atoms with Crippen LogP contribution in [0.4, 0.5) is 0 Å². The van der Waals surface area contributed by atoms with Crippen LogP contribution in [0.3, 0.4) is 0 Å². The average molecular weight is 263 g/mol. The summed E-state index contributed by atoms with van der Waals surface area (Å²) in [6, 6.07) is 4.88. The van der Waals surface area contributed by atoms with Crippen LogP contribution in [0.25, 0.3) is 0 Å². The molecule has 18 heavy (non-hydrogen) atoms. The van der Waals surface area contributed by atoms with Gasteiger partial charge in [0.05, 0.1) is 5.69 Å². The van der Waals surface area contributed by atoms with E-state index in [9.17, 15) is 0 Å². The highest BCUT2D eigenvalue weighted by Crippen LogP contribution is 2.12. The number of thiophene rings is 1. The fourth-order valence-corrected chi connectivity index (χ4v) is 2.99. The van der Waals surface area contributed by atoms with Crippen LogP contribution >= 0.6 is 11.3 Å². The van der Waals surface area contributed by atoms with E-state index in [2.05, 4.69) is 40.2 Å². The van der Waals surface area contributed by atoms with Gasteiger partial charge in [-0.1, -0.05) is 6.92 Å². The van der Waals surface area contributed by atoms with Gasteiger partial charge in [-0.15, -0.1) is 0 Å². The molecule has 0 saturated carbocycles. The first-order valence-electron chi connectivity index (χ1n) is 6.43. The molecule has 2 aromatic heterocycles. The Kier molecular flexibility index (Phi) is 4.55. The second-order valence-corrected chi connectivity index (χ2v) is 5.48. The molecule has 0 spiro atoms. The largest absolute Gasteiger partial charge is 0.314 e. The van der Waals surface area contributed by atoms with Gasteiger partial charge in [-0.2, -0.15) is 16.4 Å². The Morgan fingerprint density at radius 1 is 1.44 bits per heavy atom. The minimum atomic E-state index is 0.486. The summed E-state index contributed by atoms with van der Waals surface area (Å²) in [6.07, 6.45) is 2.11. The highest BCUT2D eigenvalue weighted by molar-refractivity contribution is 7.07. The minimum Gasteiger partial charge on any atom is -0.314 e. The molecule has 2 aromatic rings. The molecule has 0 bridgehead atoms. The summed E-state index contributed by atoms with van der Waals surface area (Å²) >= 11 is 1.77. The standard InChI is InChI=1S/C14H21N3S/c1-4-15-13(8-12-5-6-18-10-12)9-14-7-11(2)16-17(14)3/h5-7,10,13,15H,4,8-9H2,1-3H3. The number of hydrogen-bond donors (Lipinski definition) is 1. The molecule has 0 radical (unpaired) electrons. The van der Waals surface area contributed by atoms with Crippen LogP contribution in [0.1, 0.15) is 23.9 Å². The molecular formula is C14H21N3S. The van der Waals surface area contributed by atoms with Crippen molar-refractivity contribution in [1.82, 2.24) is 15.1 Å². The molecule has 0 fully saturated rings. The second kappa shape index (κ2) is 6.16. The maximum Gasteiger partial charge on any atom is 0.0596 e. The van der Waals surface area contributed by atoms with Crippen molar-refractivity contribution in [2.24, 2.45) is 7.05 Å². The van der Waals surface area contributed by atoms with E-state index in [4.69, 9.17) is 0 Å². The Morgan fingerprint density at radius 2 is 2.28 bits per heavy atom. The van der Waals surface area contributed by atoms with E-state index in [0.29, 0.717) is 6.04 Å². The van der Waals surface area contributed by atoms with Crippen LogP contribution in [-0.4, -0.2) is 22.4 Å².